The molecule has 0 saturated carbocycles. The van der Waals surface area contributed by atoms with Crippen molar-refractivity contribution in [3.63, 3.8) is 0 Å². The molecule has 102 valence electrons. The second-order valence-corrected chi connectivity index (χ2v) is 6.76. The number of aromatic nitrogens is 1. The molecule has 1 heterocycles. The molecule has 0 aliphatic rings. The smallest absolute Gasteiger partial charge is 0.108 e. The van der Waals surface area contributed by atoms with E-state index in [0.717, 1.165) is 21.5 Å². The molecule has 0 saturated heterocycles. The van der Waals surface area contributed by atoms with Crippen LogP contribution >= 0.6 is 27.3 Å². The fraction of sp³-hybridized carbons (Fsp3) is 0.188. The minimum Gasteiger partial charge on any atom is -0.304 e. The Morgan fingerprint density at radius 2 is 2.05 bits per heavy atom. The molecule has 0 aliphatic heterocycles. The van der Waals surface area contributed by atoms with Gasteiger partial charge < -0.3 is 5.32 Å². The second kappa shape index (κ2) is 6.04. The maximum absolute atomic E-state index is 4.64. The quantitative estimate of drug-likeness (QED) is 0.725. The van der Waals surface area contributed by atoms with Crippen LogP contribution in [0.1, 0.15) is 23.5 Å². The third-order valence-corrected chi connectivity index (χ3v) is 4.78. The van der Waals surface area contributed by atoms with Crippen LogP contribution in [0.3, 0.4) is 0 Å². The van der Waals surface area contributed by atoms with Crippen LogP contribution in [-0.4, -0.2) is 4.98 Å². The van der Waals surface area contributed by atoms with Gasteiger partial charge in [-0.2, -0.15) is 0 Å². The maximum atomic E-state index is 4.64. The Morgan fingerprint density at radius 1 is 1.20 bits per heavy atom. The zero-order valence-electron chi connectivity index (χ0n) is 11.1. The second-order valence-electron chi connectivity index (χ2n) is 4.73. The van der Waals surface area contributed by atoms with Crippen LogP contribution in [0.2, 0.25) is 0 Å². The molecule has 0 fully saturated rings. The number of benzene rings is 2. The topological polar surface area (TPSA) is 24.9 Å². The number of nitrogens with zero attached hydrogens (tertiary/aromatic N) is 1. The lowest BCUT2D eigenvalue weighted by atomic mass is 10.1. The zero-order chi connectivity index (χ0) is 13.9. The monoisotopic (exact) mass is 346 g/mol. The minimum absolute atomic E-state index is 0.305. The molecule has 0 amide bonds. The van der Waals surface area contributed by atoms with Gasteiger partial charge in [0.2, 0.25) is 0 Å². The Labute approximate surface area is 131 Å². The van der Waals surface area contributed by atoms with Gasteiger partial charge in [-0.1, -0.05) is 40.2 Å². The molecular formula is C16H15BrN2S. The number of fused-ring (bicyclic) bond motifs is 1. The molecule has 0 radical (unpaired) electrons. The summed E-state index contributed by atoms with van der Waals surface area (Å²) in [6.45, 7) is 2.97. The summed E-state index contributed by atoms with van der Waals surface area (Å²) in [5.74, 6) is 0. The molecule has 3 aromatic rings. The predicted octanol–water partition coefficient (Wildman–Crippen LogP) is 4.91. The molecule has 1 N–H and O–H groups in total. The average molecular weight is 347 g/mol. The van der Waals surface area contributed by atoms with Crippen molar-refractivity contribution in [2.75, 3.05) is 0 Å². The minimum atomic E-state index is 0.305. The van der Waals surface area contributed by atoms with Gasteiger partial charge in [-0.3, -0.25) is 0 Å². The fourth-order valence-electron chi connectivity index (χ4n) is 2.13. The highest BCUT2D eigenvalue weighted by atomic mass is 79.9. The van der Waals surface area contributed by atoms with Crippen molar-refractivity contribution in [3.05, 3.63) is 63.6 Å². The molecule has 0 spiro atoms. The van der Waals surface area contributed by atoms with E-state index in [-0.39, 0.29) is 0 Å². The van der Waals surface area contributed by atoms with E-state index < -0.39 is 0 Å². The molecular weight excluding hydrogens is 332 g/mol. The molecule has 0 bridgehead atoms. The molecule has 0 aliphatic carbocycles. The van der Waals surface area contributed by atoms with Gasteiger partial charge in [0.05, 0.1) is 10.2 Å². The van der Waals surface area contributed by atoms with E-state index in [0.29, 0.717) is 6.04 Å². The van der Waals surface area contributed by atoms with Crippen LogP contribution in [0.15, 0.2) is 53.0 Å². The van der Waals surface area contributed by atoms with Gasteiger partial charge in [-0.05, 0) is 36.8 Å². The Morgan fingerprint density at radius 3 is 2.85 bits per heavy atom. The number of hydrogen-bond acceptors (Lipinski definition) is 3. The van der Waals surface area contributed by atoms with Crippen molar-refractivity contribution >= 4 is 37.5 Å². The summed E-state index contributed by atoms with van der Waals surface area (Å²) in [7, 11) is 0. The highest BCUT2D eigenvalue weighted by molar-refractivity contribution is 9.10. The van der Waals surface area contributed by atoms with Crippen LogP contribution < -0.4 is 5.32 Å². The average Bonchev–Trinajstić information content (AvgIpc) is 2.87. The summed E-state index contributed by atoms with van der Waals surface area (Å²) in [6.07, 6.45) is 0. The van der Waals surface area contributed by atoms with E-state index in [9.17, 15) is 0 Å². The van der Waals surface area contributed by atoms with E-state index >= 15 is 0 Å². The standard InChI is InChI=1S/C16H15BrN2S/c1-11(12-5-4-6-13(17)9-12)18-10-16-19-14-7-2-3-8-15(14)20-16/h2-9,11,18H,10H2,1H3. The van der Waals surface area contributed by atoms with Crippen molar-refractivity contribution in [2.24, 2.45) is 0 Å². The Hall–Kier alpha value is -1.23. The Balaban J connectivity index is 1.69. The van der Waals surface area contributed by atoms with E-state index in [2.05, 4.69) is 69.6 Å². The number of hydrogen-bond donors (Lipinski definition) is 1. The summed E-state index contributed by atoms with van der Waals surface area (Å²) in [5, 5.41) is 4.66. The van der Waals surface area contributed by atoms with Gasteiger partial charge in [-0.15, -0.1) is 11.3 Å². The van der Waals surface area contributed by atoms with Crippen LogP contribution in [0, 0.1) is 0 Å². The van der Waals surface area contributed by atoms with Crippen molar-refractivity contribution < 1.29 is 0 Å². The van der Waals surface area contributed by atoms with Gasteiger partial charge in [0, 0.05) is 17.1 Å². The van der Waals surface area contributed by atoms with Crippen LogP contribution in [-0.2, 0) is 6.54 Å². The van der Waals surface area contributed by atoms with Gasteiger partial charge in [0.15, 0.2) is 0 Å². The summed E-state index contributed by atoms with van der Waals surface area (Å²) in [5.41, 5.74) is 2.37. The lowest BCUT2D eigenvalue weighted by Gasteiger charge is -2.13. The molecule has 20 heavy (non-hydrogen) atoms. The van der Waals surface area contributed by atoms with Crippen molar-refractivity contribution in [3.8, 4) is 0 Å². The summed E-state index contributed by atoms with van der Waals surface area (Å²) >= 11 is 5.27. The maximum Gasteiger partial charge on any atom is 0.108 e. The van der Waals surface area contributed by atoms with Gasteiger partial charge in [0.25, 0.3) is 0 Å². The number of nitrogens with one attached hydrogen (secondary N) is 1. The summed E-state index contributed by atoms with van der Waals surface area (Å²) in [6, 6.07) is 17.0. The fourth-order valence-corrected chi connectivity index (χ4v) is 3.46. The largest absolute Gasteiger partial charge is 0.304 e. The lowest BCUT2D eigenvalue weighted by Crippen LogP contribution is -2.17. The molecule has 1 atom stereocenters. The van der Waals surface area contributed by atoms with Crippen LogP contribution in [0.4, 0.5) is 0 Å². The third kappa shape index (κ3) is 3.08. The zero-order valence-corrected chi connectivity index (χ0v) is 13.5. The van der Waals surface area contributed by atoms with Gasteiger partial charge in [0.1, 0.15) is 5.01 Å². The number of para-hydroxylation sites is 1. The first-order valence-electron chi connectivity index (χ1n) is 6.55. The van der Waals surface area contributed by atoms with Crippen LogP contribution in [0.25, 0.3) is 10.2 Å². The summed E-state index contributed by atoms with van der Waals surface area (Å²) in [4.78, 5) is 4.64. The molecule has 4 heteroatoms. The third-order valence-electron chi connectivity index (χ3n) is 3.25. The number of thiazole rings is 1. The predicted molar refractivity (Wildman–Crippen MR) is 89.0 cm³/mol. The highest BCUT2D eigenvalue weighted by Crippen LogP contribution is 2.23. The molecule has 2 aromatic carbocycles. The van der Waals surface area contributed by atoms with E-state index in [1.54, 1.807) is 11.3 Å². The van der Waals surface area contributed by atoms with Crippen LogP contribution in [0.5, 0.6) is 0 Å². The highest BCUT2D eigenvalue weighted by Gasteiger charge is 2.07. The first kappa shape index (κ1) is 13.7. The van der Waals surface area contributed by atoms with Crippen molar-refractivity contribution in [1.82, 2.24) is 10.3 Å². The summed E-state index contributed by atoms with van der Waals surface area (Å²) < 4.78 is 2.36. The van der Waals surface area contributed by atoms with Crippen molar-refractivity contribution in [1.29, 1.82) is 0 Å². The van der Waals surface area contributed by atoms with Gasteiger partial charge in [-0.25, -0.2) is 4.98 Å². The molecule has 3 rings (SSSR count). The normalized spacial score (nSPS) is 12.7. The Kier molecular flexibility index (Phi) is 4.15. The van der Waals surface area contributed by atoms with E-state index in [1.165, 1.54) is 10.3 Å². The van der Waals surface area contributed by atoms with Gasteiger partial charge >= 0.3 is 0 Å². The Bertz CT molecular complexity index is 690. The molecule has 2 nitrogen and oxygen atoms in total. The first-order chi connectivity index (χ1) is 9.72. The first-order valence-corrected chi connectivity index (χ1v) is 8.16. The molecule has 1 unspecified atom stereocenters. The number of rotatable bonds is 4. The number of halogens is 1. The molecule has 1 aromatic heterocycles. The van der Waals surface area contributed by atoms with Crippen molar-refractivity contribution in [2.45, 2.75) is 19.5 Å². The SMILES string of the molecule is CC(NCc1nc2ccccc2s1)c1cccc(Br)c1. The van der Waals surface area contributed by atoms with E-state index in [4.69, 9.17) is 0 Å². The lowest BCUT2D eigenvalue weighted by molar-refractivity contribution is 0.573. The van der Waals surface area contributed by atoms with E-state index in [1.807, 2.05) is 12.1 Å².